The van der Waals surface area contributed by atoms with Crippen LogP contribution < -0.4 is 0 Å². The number of hydrogen-bond donors (Lipinski definition) is 1. The van der Waals surface area contributed by atoms with Crippen LogP contribution in [0.3, 0.4) is 0 Å². The lowest BCUT2D eigenvalue weighted by Gasteiger charge is -2.63. The fourth-order valence-corrected chi connectivity index (χ4v) is 7.78. The molecular weight excluding hydrogens is 284 g/mol. The lowest BCUT2D eigenvalue weighted by atomic mass is 9.43. The van der Waals surface area contributed by atoms with Crippen molar-refractivity contribution in [2.45, 2.75) is 90.6 Å². The molecule has 1 N–H and O–H groups in total. The number of carbonyl (C=O) groups is 1. The van der Waals surface area contributed by atoms with E-state index in [0.29, 0.717) is 34.9 Å². The van der Waals surface area contributed by atoms with E-state index in [4.69, 9.17) is 0 Å². The van der Waals surface area contributed by atoms with Crippen LogP contribution in [0, 0.1) is 34.5 Å². The van der Waals surface area contributed by atoms with Gasteiger partial charge in [0.05, 0.1) is 5.60 Å². The average Bonchev–Trinajstić information content (AvgIpc) is 2.79. The second-order valence-electron chi connectivity index (χ2n) is 9.76. The van der Waals surface area contributed by atoms with Crippen LogP contribution in [0.4, 0.5) is 0 Å². The fraction of sp³-hybridized carbons (Fsp3) is 0.952. The first-order chi connectivity index (χ1) is 10.8. The van der Waals surface area contributed by atoms with E-state index < -0.39 is 5.60 Å². The molecule has 2 nitrogen and oxygen atoms in total. The van der Waals surface area contributed by atoms with Crippen molar-refractivity contribution in [2.24, 2.45) is 34.5 Å². The Hall–Kier alpha value is -0.370. The van der Waals surface area contributed by atoms with Crippen LogP contribution in [0.25, 0.3) is 0 Å². The van der Waals surface area contributed by atoms with Gasteiger partial charge in [-0.3, -0.25) is 4.79 Å². The second-order valence-corrected chi connectivity index (χ2v) is 9.76. The minimum Gasteiger partial charge on any atom is -0.389 e. The van der Waals surface area contributed by atoms with E-state index in [1.165, 1.54) is 32.1 Å². The predicted molar refractivity (Wildman–Crippen MR) is 92.0 cm³/mol. The Morgan fingerprint density at radius 1 is 1.04 bits per heavy atom. The Labute approximate surface area is 141 Å². The van der Waals surface area contributed by atoms with Crippen molar-refractivity contribution in [3.63, 3.8) is 0 Å². The molecule has 0 spiro atoms. The van der Waals surface area contributed by atoms with Crippen LogP contribution in [0.15, 0.2) is 0 Å². The standard InChI is InChI=1S/C21H34O2/c1-4-14-7-12-21(23)18-6-5-15-13-16(22)8-10-19(15,2)17(18)9-11-20(14,21)3/h14-15,17-18,23H,4-13H2,1-3H3/t14-,15?,17-,18+,19-,20+,21+/m0/s1. The monoisotopic (exact) mass is 318 g/mol. The Balaban J connectivity index is 1.68. The molecule has 0 amide bonds. The maximum absolute atomic E-state index is 11.9. The van der Waals surface area contributed by atoms with Gasteiger partial charge in [-0.25, -0.2) is 0 Å². The van der Waals surface area contributed by atoms with Crippen molar-refractivity contribution in [3.8, 4) is 0 Å². The summed E-state index contributed by atoms with van der Waals surface area (Å²) >= 11 is 0. The summed E-state index contributed by atoms with van der Waals surface area (Å²) in [5, 5.41) is 11.9. The Morgan fingerprint density at radius 2 is 1.83 bits per heavy atom. The Morgan fingerprint density at radius 3 is 2.57 bits per heavy atom. The number of rotatable bonds is 1. The van der Waals surface area contributed by atoms with Crippen LogP contribution in [0.5, 0.6) is 0 Å². The lowest BCUT2D eigenvalue weighted by Crippen LogP contribution is -2.62. The largest absolute Gasteiger partial charge is 0.389 e. The molecule has 0 aromatic heterocycles. The van der Waals surface area contributed by atoms with Crippen LogP contribution in [-0.4, -0.2) is 16.5 Å². The van der Waals surface area contributed by atoms with Crippen molar-refractivity contribution in [1.29, 1.82) is 0 Å². The predicted octanol–water partition coefficient (Wildman–Crippen LogP) is 4.74. The van der Waals surface area contributed by atoms with E-state index >= 15 is 0 Å². The first-order valence-corrected chi connectivity index (χ1v) is 10.1. The fourth-order valence-electron chi connectivity index (χ4n) is 7.78. The van der Waals surface area contributed by atoms with Gasteiger partial charge in [0, 0.05) is 12.8 Å². The highest BCUT2D eigenvalue weighted by Gasteiger charge is 2.66. The number of Topliss-reactive ketones (excluding diaryl/α,β-unsaturated/α-hetero) is 1. The van der Waals surface area contributed by atoms with E-state index in [1.54, 1.807) is 0 Å². The summed E-state index contributed by atoms with van der Waals surface area (Å²) in [5.74, 6) is 2.89. The van der Waals surface area contributed by atoms with Crippen molar-refractivity contribution >= 4 is 5.78 Å². The third-order valence-corrected chi connectivity index (χ3v) is 9.35. The van der Waals surface area contributed by atoms with Gasteiger partial charge in [-0.15, -0.1) is 0 Å². The zero-order chi connectivity index (χ0) is 16.5. The molecule has 0 aliphatic heterocycles. The van der Waals surface area contributed by atoms with E-state index in [0.717, 1.165) is 32.1 Å². The van der Waals surface area contributed by atoms with Crippen molar-refractivity contribution in [3.05, 3.63) is 0 Å². The highest BCUT2D eigenvalue weighted by atomic mass is 16.3. The highest BCUT2D eigenvalue weighted by Crippen LogP contribution is 2.69. The van der Waals surface area contributed by atoms with Crippen LogP contribution in [-0.2, 0) is 4.79 Å². The zero-order valence-electron chi connectivity index (χ0n) is 15.2. The first kappa shape index (κ1) is 16.1. The summed E-state index contributed by atoms with van der Waals surface area (Å²) in [6.45, 7) is 7.15. The normalized spacial score (nSPS) is 55.9. The summed E-state index contributed by atoms with van der Waals surface area (Å²) < 4.78 is 0. The van der Waals surface area contributed by atoms with Crippen molar-refractivity contribution in [1.82, 2.24) is 0 Å². The zero-order valence-corrected chi connectivity index (χ0v) is 15.2. The number of carbonyl (C=O) groups excluding carboxylic acids is 1. The number of fused-ring (bicyclic) bond motifs is 5. The van der Waals surface area contributed by atoms with Crippen molar-refractivity contribution in [2.75, 3.05) is 0 Å². The molecule has 4 fully saturated rings. The van der Waals surface area contributed by atoms with E-state index in [1.807, 2.05) is 0 Å². The maximum Gasteiger partial charge on any atom is 0.133 e. The molecule has 0 aromatic rings. The number of hydrogen-bond acceptors (Lipinski definition) is 2. The lowest BCUT2D eigenvalue weighted by molar-refractivity contribution is -0.205. The molecule has 4 saturated carbocycles. The molecule has 0 radical (unpaired) electrons. The minimum atomic E-state index is -0.438. The second kappa shape index (κ2) is 5.07. The average molecular weight is 319 g/mol. The van der Waals surface area contributed by atoms with Gasteiger partial charge in [0.2, 0.25) is 0 Å². The topological polar surface area (TPSA) is 37.3 Å². The van der Waals surface area contributed by atoms with Gasteiger partial charge in [0.25, 0.3) is 0 Å². The van der Waals surface area contributed by atoms with Gasteiger partial charge in [0.15, 0.2) is 0 Å². The quantitative estimate of drug-likeness (QED) is 0.758. The molecule has 1 unspecified atom stereocenters. The molecule has 0 aromatic carbocycles. The SMILES string of the molecule is CC[C@H]1CC[C@@]2(O)[C@@H]3CCC4CC(=O)CC[C@]4(C)[C@H]3CC[C@]12C. The van der Waals surface area contributed by atoms with Crippen molar-refractivity contribution < 1.29 is 9.90 Å². The van der Waals surface area contributed by atoms with Gasteiger partial charge >= 0.3 is 0 Å². The van der Waals surface area contributed by atoms with Crippen LogP contribution in [0.2, 0.25) is 0 Å². The molecule has 4 aliphatic rings. The number of aliphatic hydroxyl groups is 1. The molecule has 0 heterocycles. The van der Waals surface area contributed by atoms with Gasteiger partial charge in [0.1, 0.15) is 5.78 Å². The van der Waals surface area contributed by atoms with E-state index in [2.05, 4.69) is 20.8 Å². The first-order valence-electron chi connectivity index (χ1n) is 10.1. The molecule has 4 rings (SSSR count). The summed E-state index contributed by atoms with van der Waals surface area (Å²) in [7, 11) is 0. The smallest absolute Gasteiger partial charge is 0.133 e. The van der Waals surface area contributed by atoms with E-state index in [9.17, 15) is 9.90 Å². The third kappa shape index (κ3) is 1.94. The summed E-state index contributed by atoms with van der Waals surface area (Å²) in [6, 6.07) is 0. The molecule has 23 heavy (non-hydrogen) atoms. The molecule has 2 heteroatoms. The highest BCUT2D eigenvalue weighted by molar-refractivity contribution is 5.79. The van der Waals surface area contributed by atoms with Gasteiger partial charge < -0.3 is 5.11 Å². The molecule has 130 valence electrons. The minimum absolute atomic E-state index is 0.136. The van der Waals surface area contributed by atoms with Crippen LogP contribution in [0.1, 0.15) is 85.0 Å². The van der Waals surface area contributed by atoms with E-state index in [-0.39, 0.29) is 5.41 Å². The molecule has 0 bridgehead atoms. The van der Waals surface area contributed by atoms with Gasteiger partial charge in [-0.1, -0.05) is 27.2 Å². The molecule has 0 saturated heterocycles. The summed E-state index contributed by atoms with van der Waals surface area (Å²) in [5.41, 5.74) is 0.000810. The Bertz CT molecular complexity index is 514. The summed E-state index contributed by atoms with van der Waals surface area (Å²) in [4.78, 5) is 11.9. The van der Waals surface area contributed by atoms with Gasteiger partial charge in [-0.2, -0.15) is 0 Å². The Kier molecular flexibility index (Phi) is 3.55. The molecular formula is C21H34O2. The summed E-state index contributed by atoms with van der Waals surface area (Å²) in [6.07, 6.45) is 10.9. The number of ketones is 1. The van der Waals surface area contributed by atoms with Gasteiger partial charge in [-0.05, 0) is 79.4 Å². The third-order valence-electron chi connectivity index (χ3n) is 9.35. The maximum atomic E-state index is 11.9. The molecule has 4 aliphatic carbocycles. The van der Waals surface area contributed by atoms with Crippen LogP contribution >= 0.6 is 0 Å². The molecule has 7 atom stereocenters.